The van der Waals surface area contributed by atoms with Crippen molar-refractivity contribution in [3.05, 3.63) is 57.4 Å². The van der Waals surface area contributed by atoms with Gasteiger partial charge in [0, 0.05) is 16.7 Å². The van der Waals surface area contributed by atoms with Crippen LogP contribution < -0.4 is 9.47 Å². The quantitative estimate of drug-likeness (QED) is 0.379. The van der Waals surface area contributed by atoms with Crippen LogP contribution in [0.4, 0.5) is 0 Å². The first-order chi connectivity index (χ1) is 13.2. The molecule has 5 nitrogen and oxygen atoms in total. The van der Waals surface area contributed by atoms with Gasteiger partial charge in [-0.15, -0.1) is 21.5 Å². The average Bonchev–Trinajstić information content (AvgIpc) is 3.38. The number of nitrogens with zero attached hydrogens (tertiary/aromatic N) is 3. The molecular formula is C18H11Cl2N3O2S2. The zero-order valence-corrected chi connectivity index (χ0v) is 16.8. The van der Waals surface area contributed by atoms with Gasteiger partial charge in [-0.1, -0.05) is 53.2 Å². The predicted octanol–water partition coefficient (Wildman–Crippen LogP) is 5.79. The minimum atomic E-state index is 0.273. The number of hydrogen-bond donors (Lipinski definition) is 0. The van der Waals surface area contributed by atoms with Crippen LogP contribution in [0, 0.1) is 0 Å². The number of thioether (sulfide) groups is 1. The van der Waals surface area contributed by atoms with E-state index in [0.29, 0.717) is 10.0 Å². The molecule has 9 heteroatoms. The van der Waals surface area contributed by atoms with Gasteiger partial charge in [0.05, 0.1) is 15.7 Å². The Morgan fingerprint density at radius 3 is 2.93 bits per heavy atom. The maximum Gasteiger partial charge on any atom is 0.231 e. The molecule has 0 saturated carbocycles. The summed E-state index contributed by atoms with van der Waals surface area (Å²) in [5.74, 6) is 2.29. The van der Waals surface area contributed by atoms with Gasteiger partial charge in [0.2, 0.25) is 11.8 Å². The summed E-state index contributed by atoms with van der Waals surface area (Å²) in [4.78, 5) is 0.814. The fourth-order valence-electron chi connectivity index (χ4n) is 2.86. The summed E-state index contributed by atoms with van der Waals surface area (Å²) in [6, 6.07) is 11.6. The Hall–Kier alpha value is -1.93. The number of ether oxygens (including phenoxy) is 2. The first-order valence-corrected chi connectivity index (χ1v) is 10.6. The maximum absolute atomic E-state index is 6.42. The van der Waals surface area contributed by atoms with Crippen molar-refractivity contribution >= 4 is 51.3 Å². The van der Waals surface area contributed by atoms with Crippen LogP contribution in [-0.2, 0) is 5.75 Å². The molecule has 0 spiro atoms. The molecule has 2 aromatic heterocycles. The van der Waals surface area contributed by atoms with E-state index in [1.807, 2.05) is 40.1 Å². The van der Waals surface area contributed by atoms with Gasteiger partial charge >= 0.3 is 0 Å². The van der Waals surface area contributed by atoms with Gasteiger partial charge in [-0.25, -0.2) is 0 Å². The van der Waals surface area contributed by atoms with E-state index in [-0.39, 0.29) is 6.79 Å². The molecule has 136 valence electrons. The van der Waals surface area contributed by atoms with Crippen LogP contribution in [0.25, 0.3) is 16.2 Å². The second-order valence-electron chi connectivity index (χ2n) is 5.80. The smallest absolute Gasteiger partial charge is 0.231 e. The van der Waals surface area contributed by atoms with Crippen molar-refractivity contribution in [3.63, 3.8) is 0 Å². The molecule has 0 atom stereocenters. The summed E-state index contributed by atoms with van der Waals surface area (Å²) >= 11 is 15.7. The molecule has 5 rings (SSSR count). The normalized spacial score (nSPS) is 12.8. The fourth-order valence-corrected chi connectivity index (χ4v) is 5.03. The standard InChI is InChI=1S/C18H11Cl2N3O2S2/c19-12-3-1-2-11(16(12)20)13-8-27-18-22-21-17(23(13)18)26-7-10-4-5-14-15(6-10)25-9-24-14/h1-6,8H,7,9H2. The first kappa shape index (κ1) is 17.2. The number of aromatic nitrogens is 3. The van der Waals surface area contributed by atoms with E-state index in [1.54, 1.807) is 17.8 Å². The van der Waals surface area contributed by atoms with Crippen LogP contribution in [0.15, 0.2) is 46.9 Å². The molecule has 0 N–H and O–H groups in total. The third-order valence-corrected chi connectivity index (χ3v) is 6.79. The summed E-state index contributed by atoms with van der Waals surface area (Å²) in [6.07, 6.45) is 0. The molecule has 4 aromatic rings. The van der Waals surface area contributed by atoms with E-state index >= 15 is 0 Å². The Morgan fingerprint density at radius 2 is 2.00 bits per heavy atom. The van der Waals surface area contributed by atoms with Crippen LogP contribution in [0.2, 0.25) is 10.0 Å². The van der Waals surface area contributed by atoms with Crippen LogP contribution >= 0.6 is 46.3 Å². The second-order valence-corrected chi connectivity index (χ2v) is 8.36. The SMILES string of the molecule is Clc1cccc(-c2csc3nnc(SCc4ccc5c(c4)OCO5)n23)c1Cl. The Bertz CT molecular complexity index is 1160. The van der Waals surface area contributed by atoms with Gasteiger partial charge < -0.3 is 9.47 Å². The van der Waals surface area contributed by atoms with E-state index in [0.717, 1.165) is 44.2 Å². The number of hydrogen-bond acceptors (Lipinski definition) is 6. The van der Waals surface area contributed by atoms with Gasteiger partial charge in [0.1, 0.15) is 0 Å². The Balaban J connectivity index is 1.48. The molecule has 0 fully saturated rings. The number of thiazole rings is 1. The van der Waals surface area contributed by atoms with Crippen molar-refractivity contribution in [3.8, 4) is 22.8 Å². The number of halogens is 2. The molecule has 1 aliphatic rings. The lowest BCUT2D eigenvalue weighted by Gasteiger charge is -2.06. The van der Waals surface area contributed by atoms with Crippen molar-refractivity contribution in [1.82, 2.24) is 14.6 Å². The monoisotopic (exact) mass is 435 g/mol. The van der Waals surface area contributed by atoms with Gasteiger partial charge in [-0.2, -0.15) is 0 Å². The molecular weight excluding hydrogens is 425 g/mol. The Morgan fingerprint density at radius 1 is 1.11 bits per heavy atom. The van der Waals surface area contributed by atoms with Crippen LogP contribution in [0.1, 0.15) is 5.56 Å². The Kier molecular flexibility index (Phi) is 4.40. The lowest BCUT2D eigenvalue weighted by atomic mass is 10.2. The molecule has 0 unspecified atom stereocenters. The lowest BCUT2D eigenvalue weighted by Crippen LogP contribution is -1.93. The molecule has 0 bridgehead atoms. The van der Waals surface area contributed by atoms with Gasteiger partial charge in [-0.3, -0.25) is 4.40 Å². The second kappa shape index (κ2) is 6.91. The minimum absolute atomic E-state index is 0.273. The minimum Gasteiger partial charge on any atom is -0.454 e. The largest absolute Gasteiger partial charge is 0.454 e. The van der Waals surface area contributed by atoms with Crippen LogP contribution in [-0.4, -0.2) is 21.4 Å². The van der Waals surface area contributed by atoms with Crippen molar-refractivity contribution in [1.29, 1.82) is 0 Å². The number of benzene rings is 2. The highest BCUT2D eigenvalue weighted by Gasteiger charge is 2.18. The third-order valence-electron chi connectivity index (χ3n) is 4.15. The fraction of sp³-hybridized carbons (Fsp3) is 0.111. The molecule has 2 aromatic carbocycles. The van der Waals surface area contributed by atoms with E-state index in [2.05, 4.69) is 10.2 Å². The molecule has 1 aliphatic heterocycles. The molecule has 0 radical (unpaired) electrons. The van der Waals surface area contributed by atoms with Crippen LogP contribution in [0.5, 0.6) is 11.5 Å². The van der Waals surface area contributed by atoms with Crippen molar-refractivity contribution in [2.45, 2.75) is 10.9 Å². The molecule has 0 saturated heterocycles. The van der Waals surface area contributed by atoms with E-state index in [4.69, 9.17) is 32.7 Å². The van der Waals surface area contributed by atoms with Gasteiger partial charge in [-0.05, 0) is 23.8 Å². The highest BCUT2D eigenvalue weighted by atomic mass is 35.5. The molecule has 0 aliphatic carbocycles. The van der Waals surface area contributed by atoms with E-state index in [1.165, 1.54) is 11.3 Å². The van der Waals surface area contributed by atoms with Crippen molar-refractivity contribution < 1.29 is 9.47 Å². The summed E-state index contributed by atoms with van der Waals surface area (Å²) in [7, 11) is 0. The average molecular weight is 436 g/mol. The Labute approximate surface area is 172 Å². The summed E-state index contributed by atoms with van der Waals surface area (Å²) in [5.41, 5.74) is 2.92. The maximum atomic E-state index is 6.42. The summed E-state index contributed by atoms with van der Waals surface area (Å²) < 4.78 is 12.8. The third kappa shape index (κ3) is 3.04. The highest BCUT2D eigenvalue weighted by molar-refractivity contribution is 7.98. The summed E-state index contributed by atoms with van der Waals surface area (Å²) in [6.45, 7) is 0.273. The lowest BCUT2D eigenvalue weighted by molar-refractivity contribution is 0.174. The molecule has 27 heavy (non-hydrogen) atoms. The zero-order chi connectivity index (χ0) is 18.4. The van der Waals surface area contributed by atoms with Gasteiger partial charge in [0.15, 0.2) is 16.7 Å². The van der Waals surface area contributed by atoms with Crippen molar-refractivity contribution in [2.24, 2.45) is 0 Å². The topological polar surface area (TPSA) is 48.7 Å². The highest BCUT2D eigenvalue weighted by Crippen LogP contribution is 2.38. The number of rotatable bonds is 4. The number of fused-ring (bicyclic) bond motifs is 2. The van der Waals surface area contributed by atoms with Crippen LogP contribution in [0.3, 0.4) is 0 Å². The molecule has 0 amide bonds. The first-order valence-electron chi connectivity index (χ1n) is 7.99. The zero-order valence-electron chi connectivity index (χ0n) is 13.7. The predicted molar refractivity (Wildman–Crippen MR) is 108 cm³/mol. The van der Waals surface area contributed by atoms with E-state index < -0.39 is 0 Å². The summed E-state index contributed by atoms with van der Waals surface area (Å²) in [5, 5.41) is 12.5. The van der Waals surface area contributed by atoms with Crippen molar-refractivity contribution in [2.75, 3.05) is 6.79 Å². The van der Waals surface area contributed by atoms with E-state index in [9.17, 15) is 0 Å². The van der Waals surface area contributed by atoms with Gasteiger partial charge in [0.25, 0.3) is 0 Å². The molecule has 3 heterocycles.